The van der Waals surface area contributed by atoms with Gasteiger partial charge in [0.2, 0.25) is 0 Å². The Kier molecular flexibility index (Phi) is 4.86. The zero-order valence-corrected chi connectivity index (χ0v) is 12.6. The Balaban J connectivity index is 2.20. The van der Waals surface area contributed by atoms with Gasteiger partial charge in [0.1, 0.15) is 5.75 Å². The first-order valence-corrected chi connectivity index (χ1v) is 6.74. The number of hydrogen-bond donors (Lipinski definition) is 1. The average Bonchev–Trinajstić information content (AvgIpc) is 2.95. The van der Waals surface area contributed by atoms with Crippen molar-refractivity contribution in [3.05, 3.63) is 35.2 Å². The Morgan fingerprint density at radius 2 is 2.04 bits per heavy atom. The molecule has 1 aromatic carbocycles. The number of nitrogens with zero attached hydrogens (tertiary/aromatic N) is 2. The highest BCUT2D eigenvalue weighted by atomic mass is 19.4. The quantitative estimate of drug-likeness (QED) is 0.678. The predicted octanol–water partition coefficient (Wildman–Crippen LogP) is 2.83. The number of ether oxygens (including phenoxy) is 1. The van der Waals surface area contributed by atoms with E-state index in [9.17, 15) is 22.8 Å². The van der Waals surface area contributed by atoms with Crippen LogP contribution in [0.1, 0.15) is 35.7 Å². The van der Waals surface area contributed by atoms with E-state index in [1.165, 1.54) is 19.1 Å². The van der Waals surface area contributed by atoms with Crippen LogP contribution in [0.4, 0.5) is 19.1 Å². The molecule has 0 aliphatic heterocycles. The van der Waals surface area contributed by atoms with Crippen LogP contribution in [0.5, 0.6) is 5.75 Å². The molecule has 2 aromatic rings. The summed E-state index contributed by atoms with van der Waals surface area (Å²) in [4.78, 5) is 26.2. The van der Waals surface area contributed by atoms with Gasteiger partial charge in [0.25, 0.3) is 11.9 Å². The molecule has 0 fully saturated rings. The van der Waals surface area contributed by atoms with E-state index < -0.39 is 29.9 Å². The molecule has 24 heavy (non-hydrogen) atoms. The molecule has 1 heterocycles. The van der Waals surface area contributed by atoms with E-state index in [-0.39, 0.29) is 11.3 Å². The highest BCUT2D eigenvalue weighted by Crippen LogP contribution is 2.28. The third-order valence-corrected chi connectivity index (χ3v) is 2.86. The van der Waals surface area contributed by atoms with Crippen LogP contribution in [-0.2, 0) is 17.4 Å². The zero-order chi connectivity index (χ0) is 17.9. The molecule has 1 aromatic heterocycles. The zero-order valence-electron chi connectivity index (χ0n) is 12.6. The maximum Gasteiger partial charge on any atom is 0.471 e. The van der Waals surface area contributed by atoms with Gasteiger partial charge in [0.05, 0.1) is 0 Å². The van der Waals surface area contributed by atoms with E-state index in [4.69, 9.17) is 4.74 Å². The van der Waals surface area contributed by atoms with Crippen LogP contribution in [0.15, 0.2) is 22.7 Å². The second-order valence-corrected chi connectivity index (χ2v) is 4.64. The number of hydrogen-bond acceptors (Lipinski definition) is 6. The van der Waals surface area contributed by atoms with Crippen LogP contribution < -0.4 is 10.1 Å². The lowest BCUT2D eigenvalue weighted by atomic mass is 10.1. The monoisotopic (exact) mass is 343 g/mol. The molecule has 0 spiro atoms. The number of halogens is 3. The van der Waals surface area contributed by atoms with Crippen LogP contribution in [0.25, 0.3) is 0 Å². The van der Waals surface area contributed by atoms with Crippen molar-refractivity contribution in [2.45, 2.75) is 26.4 Å². The van der Waals surface area contributed by atoms with Gasteiger partial charge < -0.3 is 9.26 Å². The Bertz CT molecular complexity index is 771. The Morgan fingerprint density at radius 1 is 1.33 bits per heavy atom. The van der Waals surface area contributed by atoms with Gasteiger partial charge >= 0.3 is 18.0 Å². The fourth-order valence-electron chi connectivity index (χ4n) is 1.80. The van der Waals surface area contributed by atoms with Crippen LogP contribution in [0, 0.1) is 0 Å². The molecule has 2 rings (SSSR count). The van der Waals surface area contributed by atoms with Crippen molar-refractivity contribution >= 4 is 17.8 Å². The molecule has 0 saturated heterocycles. The Morgan fingerprint density at radius 3 is 2.58 bits per heavy atom. The summed E-state index contributed by atoms with van der Waals surface area (Å²) in [6.07, 6.45) is -4.24. The lowest BCUT2D eigenvalue weighted by molar-refractivity contribution is -0.159. The fourth-order valence-corrected chi connectivity index (χ4v) is 1.80. The normalized spacial score (nSPS) is 11.2. The number of aromatic nitrogens is 2. The maximum absolute atomic E-state index is 12.4. The molecular formula is C14H12F3N3O4. The minimum Gasteiger partial charge on any atom is -0.426 e. The number of benzene rings is 1. The van der Waals surface area contributed by atoms with E-state index in [0.29, 0.717) is 12.0 Å². The maximum atomic E-state index is 12.4. The highest BCUT2D eigenvalue weighted by Gasteiger charge is 2.38. The van der Waals surface area contributed by atoms with Crippen LogP contribution in [0.3, 0.4) is 0 Å². The second-order valence-electron chi connectivity index (χ2n) is 4.64. The van der Waals surface area contributed by atoms with Gasteiger partial charge in [-0.15, -0.1) is 0 Å². The van der Waals surface area contributed by atoms with Gasteiger partial charge in [-0.25, -0.2) is 0 Å². The van der Waals surface area contributed by atoms with Crippen LogP contribution >= 0.6 is 0 Å². The topological polar surface area (TPSA) is 94.3 Å². The number of carbonyl (C=O) groups is 2. The summed E-state index contributed by atoms with van der Waals surface area (Å²) in [7, 11) is 0. The molecule has 7 nitrogen and oxygen atoms in total. The van der Waals surface area contributed by atoms with E-state index in [0.717, 1.165) is 0 Å². The van der Waals surface area contributed by atoms with E-state index in [2.05, 4.69) is 20.0 Å². The third kappa shape index (κ3) is 4.09. The number of amides is 1. The van der Waals surface area contributed by atoms with Crippen molar-refractivity contribution in [3.63, 3.8) is 0 Å². The van der Waals surface area contributed by atoms with Crippen LogP contribution in [-0.4, -0.2) is 22.0 Å². The second kappa shape index (κ2) is 6.69. The summed E-state index contributed by atoms with van der Waals surface area (Å²) in [6.45, 7) is 3.05. The minimum atomic E-state index is -4.80. The third-order valence-electron chi connectivity index (χ3n) is 2.86. The lowest BCUT2D eigenvalue weighted by Gasteiger charge is -2.09. The van der Waals surface area contributed by atoms with Crippen molar-refractivity contribution in [1.29, 1.82) is 0 Å². The smallest absolute Gasteiger partial charge is 0.426 e. The molecule has 0 aliphatic carbocycles. The molecule has 0 unspecified atom stereocenters. The van der Waals surface area contributed by atoms with Crippen LogP contribution in [0.2, 0.25) is 0 Å². The van der Waals surface area contributed by atoms with Gasteiger partial charge in [0.15, 0.2) is 0 Å². The Labute approximate surface area is 133 Å². The summed E-state index contributed by atoms with van der Waals surface area (Å²) in [5.41, 5.74) is 0.752. The molecule has 0 radical (unpaired) electrons. The first-order valence-electron chi connectivity index (χ1n) is 6.74. The number of nitrogens with one attached hydrogen (secondary N) is 1. The number of carbonyl (C=O) groups excluding carboxylic acids is 2. The Hall–Kier alpha value is -2.91. The average molecular weight is 343 g/mol. The van der Waals surface area contributed by atoms with Crippen molar-refractivity contribution in [2.24, 2.45) is 0 Å². The molecular weight excluding hydrogens is 331 g/mol. The van der Waals surface area contributed by atoms with Crippen molar-refractivity contribution in [2.75, 3.05) is 5.32 Å². The molecule has 0 aliphatic rings. The SMILES string of the molecule is CCc1ccc(C(=O)Nc2noc(C(F)(F)F)n2)cc1OC(C)=O. The van der Waals surface area contributed by atoms with E-state index in [1.54, 1.807) is 6.07 Å². The molecule has 0 bridgehead atoms. The molecule has 0 atom stereocenters. The van der Waals surface area contributed by atoms with E-state index >= 15 is 0 Å². The van der Waals surface area contributed by atoms with Crippen molar-refractivity contribution in [3.8, 4) is 5.75 Å². The number of anilines is 1. The van der Waals surface area contributed by atoms with Gasteiger partial charge in [-0.3, -0.25) is 14.9 Å². The number of rotatable bonds is 4. The molecule has 10 heteroatoms. The number of aryl methyl sites for hydroxylation is 1. The summed E-state index contributed by atoms with van der Waals surface area (Å²) >= 11 is 0. The first-order chi connectivity index (χ1) is 11.2. The van der Waals surface area contributed by atoms with Crippen molar-refractivity contribution in [1.82, 2.24) is 10.1 Å². The summed E-state index contributed by atoms with van der Waals surface area (Å²) in [5.74, 6) is -3.33. The summed E-state index contributed by atoms with van der Waals surface area (Å²) in [5, 5.41) is 5.10. The van der Waals surface area contributed by atoms with E-state index in [1.807, 2.05) is 6.92 Å². The molecule has 1 N–H and O–H groups in total. The number of alkyl halides is 3. The summed E-state index contributed by atoms with van der Waals surface area (Å²) < 4.78 is 46.1. The predicted molar refractivity (Wildman–Crippen MR) is 74.4 cm³/mol. The van der Waals surface area contributed by atoms with Gasteiger partial charge in [-0.1, -0.05) is 13.0 Å². The highest BCUT2D eigenvalue weighted by molar-refractivity contribution is 6.03. The number of esters is 1. The fraction of sp³-hybridized carbons (Fsp3) is 0.286. The summed E-state index contributed by atoms with van der Waals surface area (Å²) in [6, 6.07) is 4.32. The first kappa shape index (κ1) is 17.4. The van der Waals surface area contributed by atoms with Gasteiger partial charge in [-0.2, -0.15) is 18.2 Å². The van der Waals surface area contributed by atoms with Crippen molar-refractivity contribution < 1.29 is 32.0 Å². The standard InChI is InChI=1S/C14H12F3N3O4/c1-3-8-4-5-9(6-10(8)23-7(2)21)11(22)18-13-19-12(24-20-13)14(15,16)17/h4-6H,3H2,1-2H3,(H,18,20,22). The van der Waals surface area contributed by atoms with Gasteiger partial charge in [0, 0.05) is 12.5 Å². The minimum absolute atomic E-state index is 0.0572. The molecule has 0 saturated carbocycles. The largest absolute Gasteiger partial charge is 0.471 e. The lowest BCUT2D eigenvalue weighted by Crippen LogP contribution is -2.14. The van der Waals surface area contributed by atoms with Gasteiger partial charge in [-0.05, 0) is 29.3 Å². The molecule has 1 amide bonds. The molecule has 128 valence electrons.